The SMILES string of the molecule is Cc1ccc(C(C(=O)O)N2CCCN(S(=O)(=O)N3CCCCC3)CC2)cc1. The van der Waals surface area contributed by atoms with Crippen LogP contribution in [0, 0.1) is 6.92 Å². The highest BCUT2D eigenvalue weighted by molar-refractivity contribution is 7.86. The van der Waals surface area contributed by atoms with Crippen LogP contribution in [0.3, 0.4) is 0 Å². The van der Waals surface area contributed by atoms with Gasteiger partial charge in [0.15, 0.2) is 0 Å². The largest absolute Gasteiger partial charge is 0.480 e. The molecule has 0 amide bonds. The molecule has 2 saturated heterocycles. The van der Waals surface area contributed by atoms with Gasteiger partial charge in [0, 0.05) is 39.3 Å². The van der Waals surface area contributed by atoms with E-state index in [0.717, 1.165) is 30.4 Å². The topological polar surface area (TPSA) is 81.2 Å². The van der Waals surface area contributed by atoms with Crippen molar-refractivity contribution in [3.63, 3.8) is 0 Å². The number of aryl methyl sites for hydroxylation is 1. The normalized spacial score (nSPS) is 22.3. The molecule has 1 atom stereocenters. The quantitative estimate of drug-likeness (QED) is 0.823. The first-order valence-electron chi connectivity index (χ1n) is 9.68. The van der Waals surface area contributed by atoms with Crippen molar-refractivity contribution < 1.29 is 18.3 Å². The van der Waals surface area contributed by atoms with Crippen molar-refractivity contribution in [2.45, 2.75) is 38.6 Å². The molecule has 150 valence electrons. The minimum absolute atomic E-state index is 0.328. The molecule has 1 aromatic carbocycles. The van der Waals surface area contributed by atoms with Crippen LogP contribution >= 0.6 is 0 Å². The highest BCUT2D eigenvalue weighted by atomic mass is 32.2. The van der Waals surface area contributed by atoms with E-state index in [9.17, 15) is 18.3 Å². The van der Waals surface area contributed by atoms with E-state index >= 15 is 0 Å². The molecule has 0 aromatic heterocycles. The van der Waals surface area contributed by atoms with Crippen LogP contribution in [0.4, 0.5) is 0 Å². The molecule has 1 aromatic rings. The van der Waals surface area contributed by atoms with Crippen LogP contribution in [0.15, 0.2) is 24.3 Å². The van der Waals surface area contributed by atoms with E-state index in [4.69, 9.17) is 0 Å². The molecule has 0 radical (unpaired) electrons. The van der Waals surface area contributed by atoms with E-state index in [2.05, 4.69) is 0 Å². The second-order valence-corrected chi connectivity index (χ2v) is 9.34. The van der Waals surface area contributed by atoms with Gasteiger partial charge in [-0.05, 0) is 31.7 Å². The molecule has 0 bridgehead atoms. The fourth-order valence-corrected chi connectivity index (χ4v) is 5.64. The predicted molar refractivity (Wildman–Crippen MR) is 104 cm³/mol. The summed E-state index contributed by atoms with van der Waals surface area (Å²) in [5.41, 5.74) is 1.82. The molecule has 0 spiro atoms. The Hall–Kier alpha value is -1.48. The standard InChI is InChI=1S/C19H29N3O4S/c1-16-6-8-17(9-7-16)18(19(23)24)20-10-5-13-22(15-14-20)27(25,26)21-11-3-2-4-12-21/h6-9,18H,2-5,10-15H2,1H3,(H,23,24). The number of carboxylic acid groups (broad SMARTS) is 1. The van der Waals surface area contributed by atoms with E-state index < -0.39 is 22.2 Å². The third kappa shape index (κ3) is 4.68. The maximum absolute atomic E-state index is 12.9. The van der Waals surface area contributed by atoms with Gasteiger partial charge in [0.25, 0.3) is 10.2 Å². The Bertz CT molecular complexity index is 745. The lowest BCUT2D eigenvalue weighted by Gasteiger charge is -2.32. The first-order chi connectivity index (χ1) is 12.9. The summed E-state index contributed by atoms with van der Waals surface area (Å²) in [5.74, 6) is -0.897. The Morgan fingerprint density at radius 3 is 2.11 bits per heavy atom. The van der Waals surface area contributed by atoms with Crippen molar-refractivity contribution in [3.8, 4) is 0 Å². The lowest BCUT2D eigenvalue weighted by molar-refractivity contribution is -0.143. The number of piperidine rings is 1. The molecule has 7 nitrogen and oxygen atoms in total. The molecule has 2 fully saturated rings. The van der Waals surface area contributed by atoms with Crippen LogP contribution in [-0.2, 0) is 15.0 Å². The Labute approximate surface area is 161 Å². The van der Waals surface area contributed by atoms with E-state index in [1.165, 1.54) is 4.31 Å². The predicted octanol–water partition coefficient (Wildman–Crippen LogP) is 1.86. The van der Waals surface area contributed by atoms with Crippen molar-refractivity contribution in [2.24, 2.45) is 0 Å². The number of benzene rings is 1. The number of hydrogen-bond donors (Lipinski definition) is 1. The van der Waals surface area contributed by atoms with Crippen LogP contribution in [0.2, 0.25) is 0 Å². The van der Waals surface area contributed by atoms with Crippen molar-refractivity contribution >= 4 is 16.2 Å². The van der Waals surface area contributed by atoms with Gasteiger partial charge < -0.3 is 5.11 Å². The van der Waals surface area contributed by atoms with Gasteiger partial charge in [-0.1, -0.05) is 36.2 Å². The summed E-state index contributed by atoms with van der Waals surface area (Å²) in [6, 6.07) is 6.78. The van der Waals surface area contributed by atoms with E-state index in [1.807, 2.05) is 36.1 Å². The lowest BCUT2D eigenvalue weighted by atomic mass is 10.0. The van der Waals surface area contributed by atoms with Gasteiger partial charge in [0.2, 0.25) is 0 Å². The van der Waals surface area contributed by atoms with Crippen LogP contribution in [0.5, 0.6) is 0 Å². The lowest BCUT2D eigenvalue weighted by Crippen LogP contribution is -2.47. The van der Waals surface area contributed by atoms with E-state index in [0.29, 0.717) is 45.7 Å². The van der Waals surface area contributed by atoms with Gasteiger partial charge in [-0.25, -0.2) is 0 Å². The summed E-state index contributed by atoms with van der Waals surface area (Å²) in [5, 5.41) is 9.79. The minimum Gasteiger partial charge on any atom is -0.480 e. The summed E-state index contributed by atoms with van der Waals surface area (Å²) in [7, 11) is -3.46. The Morgan fingerprint density at radius 1 is 0.889 bits per heavy atom. The summed E-state index contributed by atoms with van der Waals surface area (Å²) in [6.07, 6.45) is 3.53. The second kappa shape index (κ2) is 8.68. The van der Waals surface area contributed by atoms with Crippen molar-refractivity contribution in [1.29, 1.82) is 0 Å². The van der Waals surface area contributed by atoms with Crippen LogP contribution in [0.1, 0.15) is 42.9 Å². The highest BCUT2D eigenvalue weighted by Gasteiger charge is 2.34. The molecule has 1 unspecified atom stereocenters. The number of carboxylic acids is 1. The zero-order valence-electron chi connectivity index (χ0n) is 15.9. The van der Waals surface area contributed by atoms with Gasteiger partial charge in [-0.2, -0.15) is 17.0 Å². The Kier molecular flexibility index (Phi) is 6.52. The summed E-state index contributed by atoms with van der Waals surface area (Å²) < 4.78 is 29.0. The molecule has 3 rings (SSSR count). The Morgan fingerprint density at radius 2 is 1.48 bits per heavy atom. The maximum Gasteiger partial charge on any atom is 0.325 e. The molecule has 2 aliphatic heterocycles. The second-order valence-electron chi connectivity index (χ2n) is 7.41. The third-order valence-electron chi connectivity index (χ3n) is 5.45. The molecule has 2 aliphatic rings. The molecule has 1 N–H and O–H groups in total. The van der Waals surface area contributed by atoms with Gasteiger partial charge in [0.1, 0.15) is 6.04 Å². The third-order valence-corrected chi connectivity index (χ3v) is 7.48. The number of nitrogens with zero attached hydrogens (tertiary/aromatic N) is 3. The number of hydrogen-bond acceptors (Lipinski definition) is 4. The zero-order valence-corrected chi connectivity index (χ0v) is 16.7. The van der Waals surface area contributed by atoms with E-state index in [-0.39, 0.29) is 0 Å². The molecular formula is C19H29N3O4S. The number of rotatable bonds is 5. The minimum atomic E-state index is -3.46. The van der Waals surface area contributed by atoms with Crippen molar-refractivity contribution in [2.75, 3.05) is 39.3 Å². The van der Waals surface area contributed by atoms with Gasteiger partial charge >= 0.3 is 5.97 Å². The van der Waals surface area contributed by atoms with Gasteiger partial charge in [0.05, 0.1) is 0 Å². The number of carbonyl (C=O) groups is 1. The maximum atomic E-state index is 12.9. The van der Waals surface area contributed by atoms with Gasteiger partial charge in [-0.15, -0.1) is 0 Å². The molecule has 2 heterocycles. The highest BCUT2D eigenvalue weighted by Crippen LogP contribution is 2.25. The molecule has 8 heteroatoms. The van der Waals surface area contributed by atoms with Crippen LogP contribution in [-0.4, -0.2) is 72.3 Å². The van der Waals surface area contributed by atoms with Crippen LogP contribution in [0.25, 0.3) is 0 Å². The van der Waals surface area contributed by atoms with Gasteiger partial charge in [-0.3, -0.25) is 9.69 Å². The first-order valence-corrected chi connectivity index (χ1v) is 11.1. The van der Waals surface area contributed by atoms with Crippen molar-refractivity contribution in [1.82, 2.24) is 13.5 Å². The average Bonchev–Trinajstić information content (AvgIpc) is 2.91. The Balaban J connectivity index is 1.72. The van der Waals surface area contributed by atoms with Crippen molar-refractivity contribution in [3.05, 3.63) is 35.4 Å². The summed E-state index contributed by atoms with van der Waals surface area (Å²) >= 11 is 0. The fraction of sp³-hybridized carbons (Fsp3) is 0.632. The number of aliphatic carboxylic acids is 1. The van der Waals surface area contributed by atoms with E-state index in [1.54, 1.807) is 4.31 Å². The molecule has 0 aliphatic carbocycles. The molecular weight excluding hydrogens is 366 g/mol. The fourth-order valence-electron chi connectivity index (χ4n) is 3.92. The molecule has 27 heavy (non-hydrogen) atoms. The van der Waals surface area contributed by atoms with Crippen LogP contribution < -0.4 is 0 Å². The molecule has 0 saturated carbocycles. The summed E-state index contributed by atoms with van der Waals surface area (Å²) in [6.45, 7) is 4.89. The monoisotopic (exact) mass is 395 g/mol. The summed E-state index contributed by atoms with van der Waals surface area (Å²) in [4.78, 5) is 13.8. The zero-order chi connectivity index (χ0) is 19.4. The smallest absolute Gasteiger partial charge is 0.325 e. The average molecular weight is 396 g/mol. The first kappa shape index (κ1) is 20.3.